The van der Waals surface area contributed by atoms with E-state index in [-0.39, 0.29) is 6.79 Å². The van der Waals surface area contributed by atoms with Crippen molar-refractivity contribution in [3.8, 4) is 17.4 Å². The second-order valence-electron chi connectivity index (χ2n) is 6.28. The van der Waals surface area contributed by atoms with Gasteiger partial charge in [0, 0.05) is 10.7 Å². The maximum atomic E-state index is 11.9. The van der Waals surface area contributed by atoms with E-state index in [1.54, 1.807) is 56.3 Å². The lowest BCUT2D eigenvalue weighted by Gasteiger charge is -2.14. The highest BCUT2D eigenvalue weighted by Crippen LogP contribution is 2.25. The van der Waals surface area contributed by atoms with Gasteiger partial charge in [-0.25, -0.2) is 19.6 Å². The van der Waals surface area contributed by atoms with Crippen molar-refractivity contribution in [1.29, 1.82) is 0 Å². The van der Waals surface area contributed by atoms with Gasteiger partial charge in [-0.15, -0.1) is 0 Å². The molecular formula is C21H20ClN3O5. The Kier molecular flexibility index (Phi) is 7.05. The van der Waals surface area contributed by atoms with Gasteiger partial charge in [-0.3, -0.25) is 5.48 Å². The third-order valence-electron chi connectivity index (χ3n) is 3.68. The van der Waals surface area contributed by atoms with E-state index in [0.717, 1.165) is 0 Å². The standard InChI is InChI=1S/C21H20ClN3O5/c1-13(2)25-28-12-27-21(26)14(3)29-16-5-7-17(8-6-16)30-20-11-23-19-10-15(22)4-9-18(19)24-20/h4-11,14,25H,1,12H2,2-3H3. The molecular weight excluding hydrogens is 410 g/mol. The smallest absolute Gasteiger partial charge is 0.349 e. The molecule has 1 N–H and O–H groups in total. The largest absolute Gasteiger partial charge is 0.479 e. The highest BCUT2D eigenvalue weighted by Gasteiger charge is 2.16. The molecule has 0 aliphatic rings. The summed E-state index contributed by atoms with van der Waals surface area (Å²) in [5.41, 5.74) is 4.43. The average molecular weight is 430 g/mol. The third kappa shape index (κ3) is 6.07. The van der Waals surface area contributed by atoms with Gasteiger partial charge in [-0.2, -0.15) is 0 Å². The molecule has 3 rings (SSSR count). The predicted octanol–water partition coefficient (Wildman–Crippen LogP) is 4.40. The SMILES string of the molecule is C=C(C)NOCOC(=O)C(C)Oc1ccc(Oc2cnc3cc(Cl)ccc3n2)cc1. The lowest BCUT2D eigenvalue weighted by molar-refractivity contribution is -0.168. The molecule has 0 saturated heterocycles. The summed E-state index contributed by atoms with van der Waals surface area (Å²) >= 11 is 5.95. The Labute approximate surface area is 178 Å². The number of benzene rings is 2. The second-order valence-corrected chi connectivity index (χ2v) is 6.72. The zero-order chi connectivity index (χ0) is 21.5. The van der Waals surface area contributed by atoms with Crippen molar-refractivity contribution in [1.82, 2.24) is 15.4 Å². The highest BCUT2D eigenvalue weighted by atomic mass is 35.5. The van der Waals surface area contributed by atoms with Gasteiger partial charge in [0.1, 0.15) is 11.5 Å². The fourth-order valence-corrected chi connectivity index (χ4v) is 2.50. The summed E-state index contributed by atoms with van der Waals surface area (Å²) in [4.78, 5) is 25.5. The number of ether oxygens (including phenoxy) is 3. The number of nitrogens with one attached hydrogen (secondary N) is 1. The summed E-state index contributed by atoms with van der Waals surface area (Å²) in [5, 5.41) is 0.593. The van der Waals surface area contributed by atoms with Crippen LogP contribution < -0.4 is 15.0 Å². The summed E-state index contributed by atoms with van der Waals surface area (Å²) in [6.45, 7) is 6.62. The predicted molar refractivity (Wildman–Crippen MR) is 111 cm³/mol. The molecule has 1 heterocycles. The van der Waals surface area contributed by atoms with Gasteiger partial charge in [-0.1, -0.05) is 18.2 Å². The average Bonchev–Trinajstić information content (AvgIpc) is 2.72. The Balaban J connectivity index is 1.53. The number of hydrogen-bond donors (Lipinski definition) is 1. The summed E-state index contributed by atoms with van der Waals surface area (Å²) in [6, 6.07) is 12.0. The number of hydrogen-bond acceptors (Lipinski definition) is 8. The first-order valence-corrected chi connectivity index (χ1v) is 9.35. The van der Waals surface area contributed by atoms with Crippen LogP contribution in [0.1, 0.15) is 13.8 Å². The minimum absolute atomic E-state index is 0.259. The quantitative estimate of drug-likeness (QED) is 0.231. The van der Waals surface area contributed by atoms with Crippen LogP contribution in [-0.2, 0) is 14.4 Å². The van der Waals surface area contributed by atoms with E-state index in [9.17, 15) is 4.79 Å². The van der Waals surface area contributed by atoms with E-state index >= 15 is 0 Å². The van der Waals surface area contributed by atoms with Gasteiger partial charge in [-0.05, 0) is 56.3 Å². The van der Waals surface area contributed by atoms with Crippen LogP contribution in [0.5, 0.6) is 17.4 Å². The Morgan fingerprint density at radius 3 is 2.63 bits per heavy atom. The number of carbonyl (C=O) groups is 1. The van der Waals surface area contributed by atoms with Gasteiger partial charge < -0.3 is 14.2 Å². The lowest BCUT2D eigenvalue weighted by atomic mass is 10.3. The third-order valence-corrected chi connectivity index (χ3v) is 3.91. The van der Waals surface area contributed by atoms with Crippen molar-refractivity contribution in [2.24, 2.45) is 0 Å². The highest BCUT2D eigenvalue weighted by molar-refractivity contribution is 6.31. The number of esters is 1. The Morgan fingerprint density at radius 2 is 1.90 bits per heavy atom. The maximum absolute atomic E-state index is 11.9. The molecule has 0 fully saturated rings. The van der Waals surface area contributed by atoms with Crippen molar-refractivity contribution < 1.29 is 23.8 Å². The van der Waals surface area contributed by atoms with Crippen molar-refractivity contribution in [2.75, 3.05) is 6.79 Å². The fraction of sp³-hybridized carbons (Fsp3) is 0.190. The van der Waals surface area contributed by atoms with E-state index < -0.39 is 12.1 Å². The van der Waals surface area contributed by atoms with Gasteiger partial charge in [0.2, 0.25) is 12.7 Å². The molecule has 30 heavy (non-hydrogen) atoms. The number of aromatic nitrogens is 2. The van der Waals surface area contributed by atoms with Crippen LogP contribution in [0.4, 0.5) is 0 Å². The van der Waals surface area contributed by atoms with Gasteiger partial charge in [0.15, 0.2) is 6.10 Å². The zero-order valence-corrected chi connectivity index (χ0v) is 17.2. The molecule has 8 nitrogen and oxygen atoms in total. The summed E-state index contributed by atoms with van der Waals surface area (Å²) in [7, 11) is 0. The number of carbonyl (C=O) groups excluding carboxylic acids is 1. The maximum Gasteiger partial charge on any atom is 0.349 e. The van der Waals surface area contributed by atoms with Crippen molar-refractivity contribution in [3.63, 3.8) is 0 Å². The molecule has 0 amide bonds. The molecule has 0 aliphatic heterocycles. The molecule has 0 radical (unpaired) electrons. The molecule has 0 spiro atoms. The topological polar surface area (TPSA) is 91.8 Å². The van der Waals surface area contributed by atoms with Gasteiger partial charge in [0.05, 0.1) is 17.2 Å². The first kappa shape index (κ1) is 21.4. The normalized spacial score (nSPS) is 11.6. The minimum atomic E-state index is -0.816. The van der Waals surface area contributed by atoms with Gasteiger partial charge in [0.25, 0.3) is 0 Å². The van der Waals surface area contributed by atoms with Crippen LogP contribution in [0.3, 0.4) is 0 Å². The van der Waals surface area contributed by atoms with Crippen molar-refractivity contribution in [3.05, 3.63) is 66.0 Å². The number of hydroxylamine groups is 1. The van der Waals surface area contributed by atoms with E-state index in [4.69, 9.17) is 30.6 Å². The number of allylic oxidation sites excluding steroid dienone is 1. The molecule has 2 aromatic carbocycles. The van der Waals surface area contributed by atoms with Crippen LogP contribution in [0.2, 0.25) is 5.02 Å². The summed E-state index contributed by atoms with van der Waals surface area (Å²) < 4.78 is 16.2. The summed E-state index contributed by atoms with van der Waals surface area (Å²) in [6.07, 6.45) is 0.703. The monoisotopic (exact) mass is 429 g/mol. The molecule has 156 valence electrons. The van der Waals surface area contributed by atoms with E-state index in [1.165, 1.54) is 6.20 Å². The van der Waals surface area contributed by atoms with Crippen molar-refractivity contribution >= 4 is 28.6 Å². The number of rotatable bonds is 9. The van der Waals surface area contributed by atoms with Crippen LogP contribution in [-0.4, -0.2) is 28.8 Å². The summed E-state index contributed by atoms with van der Waals surface area (Å²) in [5.74, 6) is 0.802. The van der Waals surface area contributed by atoms with E-state index in [1.807, 2.05) is 0 Å². The van der Waals surface area contributed by atoms with Gasteiger partial charge >= 0.3 is 5.97 Å². The number of fused-ring (bicyclic) bond motifs is 1. The second kappa shape index (κ2) is 9.91. The zero-order valence-electron chi connectivity index (χ0n) is 16.4. The molecule has 0 aliphatic carbocycles. The van der Waals surface area contributed by atoms with Crippen LogP contribution in [0.25, 0.3) is 11.0 Å². The van der Waals surface area contributed by atoms with Crippen LogP contribution >= 0.6 is 11.6 Å². The Morgan fingerprint density at radius 1 is 1.17 bits per heavy atom. The Hall–Kier alpha value is -3.36. The van der Waals surface area contributed by atoms with E-state index in [2.05, 4.69) is 22.0 Å². The fourth-order valence-electron chi connectivity index (χ4n) is 2.33. The lowest BCUT2D eigenvalue weighted by Crippen LogP contribution is -2.28. The first-order valence-electron chi connectivity index (χ1n) is 8.97. The number of halogens is 1. The Bertz CT molecular complexity index is 1040. The molecule has 0 saturated carbocycles. The van der Waals surface area contributed by atoms with E-state index in [0.29, 0.717) is 39.1 Å². The van der Waals surface area contributed by atoms with Crippen molar-refractivity contribution in [2.45, 2.75) is 20.0 Å². The molecule has 1 atom stereocenters. The van der Waals surface area contributed by atoms with Crippen LogP contribution in [0, 0.1) is 0 Å². The molecule has 9 heteroatoms. The molecule has 1 unspecified atom stereocenters. The minimum Gasteiger partial charge on any atom is -0.479 e. The molecule has 3 aromatic rings. The molecule has 0 bridgehead atoms. The number of nitrogens with zero attached hydrogens (tertiary/aromatic N) is 2. The molecule has 1 aromatic heterocycles. The van der Waals surface area contributed by atoms with Crippen LogP contribution in [0.15, 0.2) is 60.9 Å². The first-order chi connectivity index (χ1) is 14.4.